The fraction of sp³-hybridized carbons (Fsp3) is 0.0417. The van der Waals surface area contributed by atoms with E-state index in [9.17, 15) is 4.79 Å². The monoisotopic (exact) mass is 459 g/mol. The molecule has 1 amide bonds. The van der Waals surface area contributed by atoms with Crippen molar-refractivity contribution in [3.05, 3.63) is 94.5 Å². The molecule has 6 heteroatoms. The number of rotatable bonds is 5. The molecule has 0 aliphatic carbocycles. The second-order valence-electron chi connectivity index (χ2n) is 6.55. The summed E-state index contributed by atoms with van der Waals surface area (Å²) in [5.41, 5.74) is 6.40. The van der Waals surface area contributed by atoms with Gasteiger partial charge in [0.05, 0.1) is 30.1 Å². The number of ether oxygens (including phenoxy) is 1. The molecule has 0 spiro atoms. The number of fused-ring (bicyclic) bond motifs is 1. The highest BCUT2D eigenvalue weighted by Gasteiger charge is 2.13. The molecular weight excluding hydrogens is 442 g/mol. The van der Waals surface area contributed by atoms with Gasteiger partial charge in [-0.05, 0) is 54.1 Å². The van der Waals surface area contributed by atoms with Gasteiger partial charge in [-0.15, -0.1) is 0 Å². The summed E-state index contributed by atoms with van der Waals surface area (Å²) in [5, 5.41) is 4.88. The summed E-state index contributed by atoms with van der Waals surface area (Å²) < 4.78 is 6.13. The Bertz CT molecular complexity index is 1220. The van der Waals surface area contributed by atoms with Crippen LogP contribution >= 0.6 is 15.9 Å². The van der Waals surface area contributed by atoms with Crippen LogP contribution in [0.25, 0.3) is 22.2 Å². The Kier molecular flexibility index (Phi) is 5.86. The predicted molar refractivity (Wildman–Crippen MR) is 123 cm³/mol. The van der Waals surface area contributed by atoms with E-state index in [1.807, 2.05) is 72.8 Å². The van der Waals surface area contributed by atoms with Crippen LogP contribution in [0.15, 0.2) is 88.4 Å². The lowest BCUT2D eigenvalue weighted by molar-refractivity contribution is 0.0956. The zero-order valence-electron chi connectivity index (χ0n) is 16.2. The Morgan fingerprint density at radius 3 is 2.50 bits per heavy atom. The van der Waals surface area contributed by atoms with Gasteiger partial charge in [-0.2, -0.15) is 5.10 Å². The number of hydrazone groups is 1. The fourth-order valence-electron chi connectivity index (χ4n) is 3.05. The Morgan fingerprint density at radius 2 is 1.77 bits per heavy atom. The lowest BCUT2D eigenvalue weighted by Gasteiger charge is -2.09. The van der Waals surface area contributed by atoms with E-state index in [-0.39, 0.29) is 5.91 Å². The van der Waals surface area contributed by atoms with Crippen LogP contribution in [0, 0.1) is 0 Å². The number of hydrogen-bond donors (Lipinski definition) is 1. The average molecular weight is 460 g/mol. The second kappa shape index (κ2) is 8.88. The SMILES string of the molecule is COc1ccc(/C=N/NC(=O)c2cc(-c3ccc(Br)cc3)nc3ccccc23)cc1. The Balaban J connectivity index is 1.63. The van der Waals surface area contributed by atoms with Crippen molar-refractivity contribution in [2.75, 3.05) is 7.11 Å². The number of nitrogens with one attached hydrogen (secondary N) is 1. The Hall–Kier alpha value is -3.51. The number of aromatic nitrogens is 1. The van der Waals surface area contributed by atoms with Gasteiger partial charge in [0.25, 0.3) is 5.91 Å². The van der Waals surface area contributed by atoms with Crippen molar-refractivity contribution in [1.82, 2.24) is 10.4 Å². The molecule has 1 aromatic heterocycles. The summed E-state index contributed by atoms with van der Waals surface area (Å²) in [7, 11) is 1.62. The number of halogens is 1. The number of amides is 1. The Labute approximate surface area is 182 Å². The van der Waals surface area contributed by atoms with Crippen molar-refractivity contribution in [1.29, 1.82) is 0 Å². The summed E-state index contributed by atoms with van der Waals surface area (Å²) in [6, 6.07) is 24.6. The highest BCUT2D eigenvalue weighted by Crippen LogP contribution is 2.26. The van der Waals surface area contributed by atoms with Gasteiger partial charge in [0.2, 0.25) is 0 Å². The minimum absolute atomic E-state index is 0.295. The normalized spacial score (nSPS) is 11.0. The van der Waals surface area contributed by atoms with Crippen LogP contribution in [0.5, 0.6) is 5.75 Å². The third-order valence-corrected chi connectivity index (χ3v) is 5.12. The molecule has 4 rings (SSSR count). The maximum atomic E-state index is 12.9. The molecule has 0 atom stereocenters. The van der Waals surface area contributed by atoms with Gasteiger partial charge in [0.1, 0.15) is 5.75 Å². The maximum absolute atomic E-state index is 12.9. The third kappa shape index (κ3) is 4.39. The summed E-state index contributed by atoms with van der Waals surface area (Å²) >= 11 is 3.44. The van der Waals surface area contributed by atoms with Crippen LogP contribution in [-0.4, -0.2) is 24.2 Å². The fourth-order valence-corrected chi connectivity index (χ4v) is 3.31. The number of benzene rings is 3. The number of carbonyl (C=O) groups is 1. The van der Waals surface area contributed by atoms with Crippen LogP contribution in [0.3, 0.4) is 0 Å². The number of carbonyl (C=O) groups excluding carboxylic acids is 1. The average Bonchev–Trinajstić information content (AvgIpc) is 2.79. The molecule has 0 radical (unpaired) electrons. The summed E-state index contributed by atoms with van der Waals surface area (Å²) in [6.07, 6.45) is 1.59. The first-order valence-electron chi connectivity index (χ1n) is 9.27. The minimum Gasteiger partial charge on any atom is -0.497 e. The summed E-state index contributed by atoms with van der Waals surface area (Å²) in [5.74, 6) is 0.469. The largest absolute Gasteiger partial charge is 0.497 e. The van der Waals surface area contributed by atoms with Crippen LogP contribution in [-0.2, 0) is 0 Å². The second-order valence-corrected chi connectivity index (χ2v) is 7.47. The molecule has 3 aromatic carbocycles. The molecule has 4 aromatic rings. The number of para-hydroxylation sites is 1. The van der Waals surface area contributed by atoms with Crippen LogP contribution < -0.4 is 10.2 Å². The lowest BCUT2D eigenvalue weighted by Crippen LogP contribution is -2.18. The van der Waals surface area contributed by atoms with Crippen LogP contribution in [0.1, 0.15) is 15.9 Å². The summed E-state index contributed by atoms with van der Waals surface area (Å²) in [4.78, 5) is 17.6. The highest BCUT2D eigenvalue weighted by atomic mass is 79.9. The molecule has 0 saturated heterocycles. The molecule has 5 nitrogen and oxygen atoms in total. The van der Waals surface area contributed by atoms with E-state index in [2.05, 4.69) is 26.5 Å². The van der Waals surface area contributed by atoms with E-state index in [4.69, 9.17) is 9.72 Å². The number of hydrogen-bond acceptors (Lipinski definition) is 4. The molecule has 148 valence electrons. The molecule has 0 aliphatic rings. The number of nitrogens with zero attached hydrogens (tertiary/aromatic N) is 2. The van der Waals surface area contributed by atoms with E-state index in [0.29, 0.717) is 5.56 Å². The van der Waals surface area contributed by atoms with Gasteiger partial charge in [0, 0.05) is 15.4 Å². The molecular formula is C24H18BrN3O2. The Morgan fingerprint density at radius 1 is 1.03 bits per heavy atom. The molecule has 0 aliphatic heterocycles. The molecule has 1 heterocycles. The van der Waals surface area contributed by atoms with Crippen LogP contribution in [0.4, 0.5) is 0 Å². The first kappa shape index (κ1) is 19.8. The molecule has 30 heavy (non-hydrogen) atoms. The van der Waals surface area contributed by atoms with E-state index >= 15 is 0 Å². The number of pyridine rings is 1. The van der Waals surface area contributed by atoms with Gasteiger partial charge < -0.3 is 4.74 Å². The van der Waals surface area contributed by atoms with Crippen molar-refractivity contribution in [2.45, 2.75) is 0 Å². The van der Waals surface area contributed by atoms with Gasteiger partial charge in [0.15, 0.2) is 0 Å². The molecule has 0 saturated carbocycles. The van der Waals surface area contributed by atoms with E-state index < -0.39 is 0 Å². The third-order valence-electron chi connectivity index (χ3n) is 4.60. The van der Waals surface area contributed by atoms with Gasteiger partial charge in [-0.25, -0.2) is 10.4 Å². The zero-order valence-corrected chi connectivity index (χ0v) is 17.8. The maximum Gasteiger partial charge on any atom is 0.272 e. The van der Waals surface area contributed by atoms with Gasteiger partial charge >= 0.3 is 0 Å². The van der Waals surface area contributed by atoms with E-state index in [1.165, 1.54) is 0 Å². The van der Waals surface area contributed by atoms with Gasteiger partial charge in [-0.1, -0.05) is 46.3 Å². The van der Waals surface area contributed by atoms with E-state index in [1.54, 1.807) is 19.4 Å². The molecule has 0 fully saturated rings. The van der Waals surface area contributed by atoms with Crippen molar-refractivity contribution in [3.8, 4) is 17.0 Å². The predicted octanol–water partition coefficient (Wildman–Crippen LogP) is 5.44. The highest BCUT2D eigenvalue weighted by molar-refractivity contribution is 9.10. The standard InChI is InChI=1S/C24H18BrN3O2/c1-30-19-12-6-16(7-13-19)15-26-28-24(29)21-14-23(17-8-10-18(25)11-9-17)27-22-5-3-2-4-20(21)22/h2-15H,1H3,(H,28,29)/b26-15+. The van der Waals surface area contributed by atoms with Crippen molar-refractivity contribution >= 4 is 39.0 Å². The first-order chi connectivity index (χ1) is 14.6. The zero-order chi connectivity index (χ0) is 20.9. The smallest absolute Gasteiger partial charge is 0.272 e. The van der Waals surface area contributed by atoms with Crippen molar-refractivity contribution in [2.24, 2.45) is 5.10 Å². The number of methoxy groups -OCH3 is 1. The lowest BCUT2D eigenvalue weighted by atomic mass is 10.0. The van der Waals surface area contributed by atoms with Gasteiger partial charge in [-0.3, -0.25) is 4.79 Å². The molecule has 1 N–H and O–H groups in total. The topological polar surface area (TPSA) is 63.6 Å². The minimum atomic E-state index is -0.295. The molecule has 0 unspecified atom stereocenters. The van der Waals surface area contributed by atoms with E-state index in [0.717, 1.165) is 37.9 Å². The quantitative estimate of drug-likeness (QED) is 0.319. The van der Waals surface area contributed by atoms with Crippen LogP contribution in [0.2, 0.25) is 0 Å². The first-order valence-corrected chi connectivity index (χ1v) is 10.1. The summed E-state index contributed by atoms with van der Waals surface area (Å²) in [6.45, 7) is 0. The van der Waals surface area contributed by atoms with Crippen molar-refractivity contribution < 1.29 is 9.53 Å². The van der Waals surface area contributed by atoms with Crippen molar-refractivity contribution in [3.63, 3.8) is 0 Å². The molecule has 0 bridgehead atoms.